The molecule has 1 N–H and O–H groups in total. The maximum Gasteiger partial charge on any atom is 0.235 e. The van der Waals surface area contributed by atoms with Crippen LogP contribution in [-0.4, -0.2) is 17.7 Å². The lowest BCUT2D eigenvalue weighted by Gasteiger charge is -2.12. The number of Topliss-reactive ketones (excluding diaryl/α,β-unsaturated/α-hetero) is 1. The Balaban J connectivity index is 2.55. The largest absolute Gasteiger partial charge is 0.346 e. The quantitative estimate of drug-likeness (QED) is 0.798. The predicted molar refractivity (Wildman–Crippen MR) is 66.6 cm³/mol. The van der Waals surface area contributed by atoms with Crippen molar-refractivity contribution in [3.8, 4) is 0 Å². The number of rotatable bonds is 1. The number of hydrogen-bond donors (Lipinski definition) is 1. The zero-order valence-electron chi connectivity index (χ0n) is 9.38. The molecule has 1 fully saturated rings. The Morgan fingerprint density at radius 2 is 1.71 bits per heavy atom. The molecule has 5 heteroatoms. The van der Waals surface area contributed by atoms with E-state index >= 15 is 0 Å². The molecule has 0 aliphatic carbocycles. The summed E-state index contributed by atoms with van der Waals surface area (Å²) in [5.41, 5.74) is 1.30. The van der Waals surface area contributed by atoms with Crippen molar-refractivity contribution in [2.75, 3.05) is 0 Å². The molecule has 0 bridgehead atoms. The molecule has 1 heterocycles. The van der Waals surface area contributed by atoms with Crippen LogP contribution in [0, 0.1) is 6.92 Å². The van der Waals surface area contributed by atoms with Crippen LogP contribution in [0.2, 0.25) is 10.0 Å². The van der Waals surface area contributed by atoms with Gasteiger partial charge in [0.2, 0.25) is 5.91 Å². The van der Waals surface area contributed by atoms with Gasteiger partial charge in [0.05, 0.1) is 6.04 Å². The molecular weight excluding hydrogens is 261 g/mol. The van der Waals surface area contributed by atoms with Crippen LogP contribution in [0.15, 0.2) is 12.1 Å². The molecule has 1 aromatic carbocycles. The van der Waals surface area contributed by atoms with Crippen molar-refractivity contribution in [1.82, 2.24) is 5.32 Å². The van der Waals surface area contributed by atoms with Crippen LogP contribution in [0.4, 0.5) is 0 Å². The van der Waals surface area contributed by atoms with E-state index in [1.54, 1.807) is 19.1 Å². The van der Waals surface area contributed by atoms with Crippen molar-refractivity contribution in [1.29, 1.82) is 0 Å². The summed E-state index contributed by atoms with van der Waals surface area (Å²) in [7, 11) is 0. The van der Waals surface area contributed by atoms with Crippen molar-refractivity contribution in [2.45, 2.75) is 25.8 Å². The van der Waals surface area contributed by atoms with E-state index in [9.17, 15) is 9.59 Å². The molecule has 90 valence electrons. The Kier molecular flexibility index (Phi) is 3.15. The van der Waals surface area contributed by atoms with Gasteiger partial charge in [-0.3, -0.25) is 9.59 Å². The highest BCUT2D eigenvalue weighted by atomic mass is 35.5. The van der Waals surface area contributed by atoms with Crippen LogP contribution in [0.3, 0.4) is 0 Å². The average molecular weight is 272 g/mol. The molecule has 1 aromatic rings. The number of amides is 1. The fraction of sp³-hybridized carbons (Fsp3) is 0.333. The Morgan fingerprint density at radius 3 is 2.12 bits per heavy atom. The molecule has 1 amide bonds. The Morgan fingerprint density at radius 1 is 1.18 bits per heavy atom. The Hall–Kier alpha value is -1.06. The maximum absolute atomic E-state index is 11.9. The molecule has 1 aliphatic heterocycles. The molecule has 0 aromatic heterocycles. The molecule has 0 spiro atoms. The minimum atomic E-state index is -0.884. The van der Waals surface area contributed by atoms with Crippen molar-refractivity contribution in [3.05, 3.63) is 33.3 Å². The molecule has 2 rings (SSSR count). The Bertz CT molecular complexity index is 490. The van der Waals surface area contributed by atoms with Gasteiger partial charge in [-0.05, 0) is 31.5 Å². The van der Waals surface area contributed by atoms with Gasteiger partial charge in [-0.15, -0.1) is 0 Å². The van der Waals surface area contributed by atoms with Gasteiger partial charge in [0, 0.05) is 15.6 Å². The first-order chi connectivity index (χ1) is 7.91. The van der Waals surface area contributed by atoms with Crippen molar-refractivity contribution in [2.24, 2.45) is 0 Å². The van der Waals surface area contributed by atoms with E-state index < -0.39 is 12.0 Å². The summed E-state index contributed by atoms with van der Waals surface area (Å²) in [6.45, 7) is 3.50. The summed E-state index contributed by atoms with van der Waals surface area (Å²) in [6.07, 6.45) is 0. The number of carbonyl (C=O) groups excluding carboxylic acids is 2. The smallest absolute Gasteiger partial charge is 0.235 e. The van der Waals surface area contributed by atoms with Gasteiger partial charge >= 0.3 is 0 Å². The van der Waals surface area contributed by atoms with Gasteiger partial charge in [0.25, 0.3) is 0 Å². The number of nitrogens with one attached hydrogen (secondary N) is 1. The van der Waals surface area contributed by atoms with Crippen molar-refractivity contribution in [3.63, 3.8) is 0 Å². The summed E-state index contributed by atoms with van der Waals surface area (Å²) < 4.78 is 0. The predicted octanol–water partition coefficient (Wildman–Crippen LogP) is 2.47. The second-order valence-corrected chi connectivity index (χ2v) is 5.02. The number of aryl methyl sites for hydroxylation is 1. The zero-order chi connectivity index (χ0) is 12.7. The third-order valence-electron chi connectivity index (χ3n) is 2.84. The van der Waals surface area contributed by atoms with Crippen LogP contribution < -0.4 is 5.32 Å². The van der Waals surface area contributed by atoms with Crippen molar-refractivity contribution < 1.29 is 9.59 Å². The van der Waals surface area contributed by atoms with E-state index in [1.165, 1.54) is 0 Å². The molecule has 0 radical (unpaired) electrons. The summed E-state index contributed by atoms with van der Waals surface area (Å²) in [6, 6.07) is 2.92. The molecule has 2 atom stereocenters. The minimum absolute atomic E-state index is 0.192. The second kappa shape index (κ2) is 4.31. The first-order valence-corrected chi connectivity index (χ1v) is 5.97. The topological polar surface area (TPSA) is 46.2 Å². The zero-order valence-corrected chi connectivity index (χ0v) is 10.9. The number of carbonyl (C=O) groups is 2. The van der Waals surface area contributed by atoms with Crippen LogP contribution in [-0.2, 0) is 9.59 Å². The van der Waals surface area contributed by atoms with Gasteiger partial charge < -0.3 is 5.32 Å². The molecule has 0 saturated carbocycles. The van der Waals surface area contributed by atoms with Gasteiger partial charge in [-0.25, -0.2) is 0 Å². The summed E-state index contributed by atoms with van der Waals surface area (Å²) in [4.78, 5) is 23.6. The van der Waals surface area contributed by atoms with E-state index in [1.807, 2.05) is 6.92 Å². The lowest BCUT2D eigenvalue weighted by atomic mass is 9.94. The third-order valence-corrected chi connectivity index (χ3v) is 3.47. The lowest BCUT2D eigenvalue weighted by molar-refractivity contribution is -0.124. The fourth-order valence-electron chi connectivity index (χ4n) is 2.01. The standard InChI is InChI=1S/C12H11Cl2NO2/c1-5-3-7(13)9(8(14)4-5)10-11(16)6(2)15-12(10)17/h3-4,6,10H,1-2H3,(H,15,17). The highest BCUT2D eigenvalue weighted by Crippen LogP contribution is 2.36. The van der Waals surface area contributed by atoms with E-state index in [0.29, 0.717) is 15.6 Å². The highest BCUT2D eigenvalue weighted by Gasteiger charge is 2.41. The van der Waals surface area contributed by atoms with Crippen LogP contribution in [0.5, 0.6) is 0 Å². The molecule has 17 heavy (non-hydrogen) atoms. The SMILES string of the molecule is Cc1cc(Cl)c(C2C(=O)NC(C)C2=O)c(Cl)c1. The lowest BCUT2D eigenvalue weighted by Crippen LogP contribution is -2.25. The van der Waals surface area contributed by atoms with Gasteiger partial charge in [-0.1, -0.05) is 23.2 Å². The first-order valence-electron chi connectivity index (χ1n) is 5.21. The van der Waals surface area contributed by atoms with Crippen molar-refractivity contribution >= 4 is 34.9 Å². The van der Waals surface area contributed by atoms with E-state index in [2.05, 4.69) is 5.32 Å². The van der Waals surface area contributed by atoms with Crippen LogP contribution in [0.25, 0.3) is 0 Å². The third kappa shape index (κ3) is 2.05. The number of ketones is 1. The Labute approximate surface area is 109 Å². The maximum atomic E-state index is 11.9. The van der Waals surface area contributed by atoms with E-state index in [0.717, 1.165) is 5.56 Å². The van der Waals surface area contributed by atoms with Gasteiger partial charge in [0.15, 0.2) is 5.78 Å². The van der Waals surface area contributed by atoms with Crippen LogP contribution >= 0.6 is 23.2 Å². The van der Waals surface area contributed by atoms with Crippen LogP contribution in [0.1, 0.15) is 24.0 Å². The second-order valence-electron chi connectivity index (χ2n) is 4.21. The minimum Gasteiger partial charge on any atom is -0.346 e. The normalized spacial score (nSPS) is 24.0. The number of hydrogen-bond acceptors (Lipinski definition) is 2. The average Bonchev–Trinajstić information content (AvgIpc) is 2.43. The molecule has 2 unspecified atom stereocenters. The summed E-state index contributed by atoms with van der Waals surface area (Å²) in [5, 5.41) is 3.30. The van der Waals surface area contributed by atoms with E-state index in [4.69, 9.17) is 23.2 Å². The van der Waals surface area contributed by atoms with Gasteiger partial charge in [0.1, 0.15) is 5.92 Å². The monoisotopic (exact) mass is 271 g/mol. The summed E-state index contributed by atoms with van der Waals surface area (Å²) >= 11 is 12.2. The number of halogens is 2. The molecular formula is C12H11Cl2NO2. The number of benzene rings is 1. The van der Waals surface area contributed by atoms with E-state index in [-0.39, 0.29) is 11.7 Å². The highest BCUT2D eigenvalue weighted by molar-refractivity contribution is 6.37. The summed E-state index contributed by atoms with van der Waals surface area (Å²) in [5.74, 6) is -1.41. The molecule has 1 aliphatic rings. The molecule has 1 saturated heterocycles. The van der Waals surface area contributed by atoms with Gasteiger partial charge in [-0.2, -0.15) is 0 Å². The molecule has 3 nitrogen and oxygen atoms in total. The fourth-order valence-corrected chi connectivity index (χ4v) is 2.82. The first kappa shape index (κ1) is 12.4.